The van der Waals surface area contributed by atoms with Gasteiger partial charge in [0.2, 0.25) is 0 Å². The van der Waals surface area contributed by atoms with Crippen LogP contribution in [-0.4, -0.2) is 30.6 Å². The van der Waals surface area contributed by atoms with Gasteiger partial charge in [-0.05, 0) is 38.1 Å². The molecule has 3 heteroatoms. The van der Waals surface area contributed by atoms with E-state index in [1.54, 1.807) is 6.26 Å². The zero-order valence-electron chi connectivity index (χ0n) is 8.48. The summed E-state index contributed by atoms with van der Waals surface area (Å²) >= 11 is 0. The Morgan fingerprint density at radius 3 is 2.86 bits per heavy atom. The lowest BCUT2D eigenvalue weighted by Gasteiger charge is -2.29. The first kappa shape index (κ1) is 9.74. The van der Waals surface area contributed by atoms with Crippen molar-refractivity contribution in [1.82, 2.24) is 4.90 Å². The maximum absolute atomic E-state index is 5.84. The van der Waals surface area contributed by atoms with Crippen LogP contribution in [0.25, 0.3) is 0 Å². The second-order valence-electron chi connectivity index (χ2n) is 4.01. The molecule has 0 spiro atoms. The molecule has 3 nitrogen and oxygen atoms in total. The lowest BCUT2D eigenvalue weighted by Crippen LogP contribution is -2.40. The Kier molecular flexibility index (Phi) is 3.22. The van der Waals surface area contributed by atoms with Crippen molar-refractivity contribution < 1.29 is 4.42 Å². The van der Waals surface area contributed by atoms with Crippen LogP contribution in [0.5, 0.6) is 0 Å². The highest BCUT2D eigenvalue weighted by Crippen LogP contribution is 2.09. The Labute approximate surface area is 84.9 Å². The molecular formula is C11H18N2O. The van der Waals surface area contributed by atoms with Gasteiger partial charge in [-0.1, -0.05) is 0 Å². The molecule has 1 aliphatic rings. The summed E-state index contributed by atoms with van der Waals surface area (Å²) in [5, 5.41) is 0. The number of nitrogens with zero attached hydrogens (tertiary/aromatic N) is 1. The van der Waals surface area contributed by atoms with Crippen LogP contribution in [0.15, 0.2) is 22.8 Å². The number of hydrogen-bond donors (Lipinski definition) is 1. The van der Waals surface area contributed by atoms with Gasteiger partial charge >= 0.3 is 0 Å². The largest absolute Gasteiger partial charge is 0.469 e. The lowest BCUT2D eigenvalue weighted by atomic mass is 10.1. The van der Waals surface area contributed by atoms with Gasteiger partial charge in [-0.15, -0.1) is 0 Å². The minimum absolute atomic E-state index is 0.426. The van der Waals surface area contributed by atoms with Crippen LogP contribution in [0.3, 0.4) is 0 Å². The number of hydrogen-bond acceptors (Lipinski definition) is 3. The van der Waals surface area contributed by atoms with E-state index in [-0.39, 0.29) is 0 Å². The summed E-state index contributed by atoms with van der Waals surface area (Å²) in [6.07, 6.45) is 5.03. The fourth-order valence-electron chi connectivity index (χ4n) is 1.90. The van der Waals surface area contributed by atoms with Gasteiger partial charge in [0.15, 0.2) is 0 Å². The molecule has 0 bridgehead atoms. The standard InChI is InChI=1S/C11H18N2O/c12-10-3-6-13(7-4-10)8-5-11-2-1-9-14-11/h1-2,9-10H,3-8,12H2. The summed E-state index contributed by atoms with van der Waals surface area (Å²) in [7, 11) is 0. The van der Waals surface area contributed by atoms with Crippen LogP contribution in [-0.2, 0) is 6.42 Å². The van der Waals surface area contributed by atoms with E-state index in [9.17, 15) is 0 Å². The zero-order chi connectivity index (χ0) is 9.80. The summed E-state index contributed by atoms with van der Waals surface area (Å²) in [5.74, 6) is 1.08. The third-order valence-electron chi connectivity index (χ3n) is 2.89. The molecule has 14 heavy (non-hydrogen) atoms. The fraction of sp³-hybridized carbons (Fsp3) is 0.636. The molecule has 1 aromatic rings. The highest BCUT2D eigenvalue weighted by Gasteiger charge is 2.15. The number of furan rings is 1. The second kappa shape index (κ2) is 4.62. The maximum atomic E-state index is 5.84. The molecule has 0 atom stereocenters. The van der Waals surface area contributed by atoms with E-state index >= 15 is 0 Å². The van der Waals surface area contributed by atoms with Crippen molar-refractivity contribution in [3.05, 3.63) is 24.2 Å². The molecule has 78 valence electrons. The first-order valence-electron chi connectivity index (χ1n) is 5.35. The minimum Gasteiger partial charge on any atom is -0.469 e. The first-order chi connectivity index (χ1) is 6.84. The van der Waals surface area contributed by atoms with E-state index in [0.717, 1.165) is 44.7 Å². The Bertz CT molecular complexity index is 250. The van der Waals surface area contributed by atoms with Crippen LogP contribution in [0.2, 0.25) is 0 Å². The van der Waals surface area contributed by atoms with E-state index < -0.39 is 0 Å². The van der Waals surface area contributed by atoms with Gasteiger partial charge in [0.1, 0.15) is 5.76 Å². The van der Waals surface area contributed by atoms with Crippen molar-refractivity contribution in [3.63, 3.8) is 0 Å². The van der Waals surface area contributed by atoms with Crippen LogP contribution in [0, 0.1) is 0 Å². The minimum atomic E-state index is 0.426. The fourth-order valence-corrected chi connectivity index (χ4v) is 1.90. The molecule has 1 fully saturated rings. The molecule has 1 saturated heterocycles. The summed E-state index contributed by atoms with van der Waals surface area (Å²) < 4.78 is 5.29. The monoisotopic (exact) mass is 194 g/mol. The van der Waals surface area contributed by atoms with Crippen LogP contribution in [0.1, 0.15) is 18.6 Å². The van der Waals surface area contributed by atoms with Gasteiger partial charge in [0.05, 0.1) is 6.26 Å². The van der Waals surface area contributed by atoms with Crippen LogP contribution < -0.4 is 5.73 Å². The van der Waals surface area contributed by atoms with Crippen molar-refractivity contribution in [1.29, 1.82) is 0 Å². The normalized spacial score (nSPS) is 20.1. The lowest BCUT2D eigenvalue weighted by molar-refractivity contribution is 0.212. The number of piperidine rings is 1. The van der Waals surface area contributed by atoms with Crippen LogP contribution in [0.4, 0.5) is 0 Å². The Balaban J connectivity index is 1.71. The van der Waals surface area contributed by atoms with Crippen LogP contribution >= 0.6 is 0 Å². The van der Waals surface area contributed by atoms with Gasteiger partial charge in [-0.3, -0.25) is 0 Å². The summed E-state index contributed by atoms with van der Waals surface area (Å²) in [6.45, 7) is 3.38. The Morgan fingerprint density at radius 2 is 2.21 bits per heavy atom. The molecule has 0 aromatic carbocycles. The van der Waals surface area contributed by atoms with Crippen molar-refractivity contribution in [3.8, 4) is 0 Å². The molecular weight excluding hydrogens is 176 g/mol. The molecule has 0 saturated carbocycles. The van der Waals surface area contributed by atoms with Crippen molar-refractivity contribution in [2.24, 2.45) is 5.73 Å². The molecule has 0 unspecified atom stereocenters. The van der Waals surface area contributed by atoms with Crippen molar-refractivity contribution in [2.45, 2.75) is 25.3 Å². The third-order valence-corrected chi connectivity index (χ3v) is 2.89. The number of rotatable bonds is 3. The van der Waals surface area contributed by atoms with Crippen molar-refractivity contribution >= 4 is 0 Å². The predicted octanol–water partition coefficient (Wildman–Crippen LogP) is 1.25. The SMILES string of the molecule is NC1CCN(CCc2ccco2)CC1. The summed E-state index contributed by atoms with van der Waals surface area (Å²) in [6, 6.07) is 4.41. The number of nitrogens with two attached hydrogens (primary N) is 1. The molecule has 0 aliphatic carbocycles. The Hall–Kier alpha value is -0.800. The van der Waals surface area contributed by atoms with Gasteiger partial charge in [0.25, 0.3) is 0 Å². The van der Waals surface area contributed by atoms with Crippen molar-refractivity contribution in [2.75, 3.05) is 19.6 Å². The number of likely N-dealkylation sites (tertiary alicyclic amines) is 1. The van der Waals surface area contributed by atoms with Gasteiger partial charge in [-0.2, -0.15) is 0 Å². The molecule has 2 heterocycles. The van der Waals surface area contributed by atoms with E-state index in [4.69, 9.17) is 10.2 Å². The zero-order valence-corrected chi connectivity index (χ0v) is 8.48. The first-order valence-corrected chi connectivity index (χ1v) is 5.35. The predicted molar refractivity (Wildman–Crippen MR) is 56.1 cm³/mol. The molecule has 0 radical (unpaired) electrons. The van der Waals surface area contributed by atoms with Gasteiger partial charge in [-0.25, -0.2) is 0 Å². The summed E-state index contributed by atoms with van der Waals surface area (Å²) in [5.41, 5.74) is 5.84. The molecule has 1 aromatic heterocycles. The molecule has 1 aliphatic heterocycles. The van der Waals surface area contributed by atoms with E-state index in [1.165, 1.54) is 0 Å². The Morgan fingerprint density at radius 1 is 1.43 bits per heavy atom. The average Bonchev–Trinajstić information content (AvgIpc) is 2.70. The van der Waals surface area contributed by atoms with Gasteiger partial charge in [0, 0.05) is 19.0 Å². The third kappa shape index (κ3) is 2.59. The van der Waals surface area contributed by atoms with E-state index in [1.807, 2.05) is 12.1 Å². The highest BCUT2D eigenvalue weighted by molar-refractivity contribution is 4.98. The average molecular weight is 194 g/mol. The second-order valence-corrected chi connectivity index (χ2v) is 4.01. The quantitative estimate of drug-likeness (QED) is 0.787. The molecule has 0 amide bonds. The summed E-state index contributed by atoms with van der Waals surface area (Å²) in [4.78, 5) is 2.46. The van der Waals surface area contributed by atoms with E-state index in [2.05, 4.69) is 4.90 Å². The maximum Gasteiger partial charge on any atom is 0.105 e. The smallest absolute Gasteiger partial charge is 0.105 e. The van der Waals surface area contributed by atoms with Gasteiger partial charge < -0.3 is 15.1 Å². The molecule has 2 rings (SSSR count). The topological polar surface area (TPSA) is 42.4 Å². The highest BCUT2D eigenvalue weighted by atomic mass is 16.3. The van der Waals surface area contributed by atoms with E-state index in [0.29, 0.717) is 6.04 Å². The molecule has 2 N–H and O–H groups in total.